The number of para-hydroxylation sites is 1. The van der Waals surface area contributed by atoms with Gasteiger partial charge < -0.3 is 20.0 Å². The first kappa shape index (κ1) is 29.0. The van der Waals surface area contributed by atoms with Crippen molar-refractivity contribution in [2.24, 2.45) is 0 Å². The number of benzene rings is 4. The standard InChI is InChI=1S/C31H29FNO6PS/c32-23-14-9-21(10-15-23)27(34)7-4-8-29-30(33(31(36)41-29)24-5-2-1-3-6-24)26-18-13-22(19-28(26)35)20-11-16-25(17-12-20)40(37,38)39/h1-3,5-6,9-19,27,29-30,34-35H,4,7-8H2,(H2,37,38,39)/t27?,29-,30-/m1/s1. The Morgan fingerprint density at radius 1 is 0.902 bits per heavy atom. The van der Waals surface area contributed by atoms with Crippen molar-refractivity contribution in [3.8, 4) is 16.9 Å². The number of carbonyl (C=O) groups excluding carboxylic acids is 1. The van der Waals surface area contributed by atoms with Crippen molar-refractivity contribution >= 4 is 35.6 Å². The van der Waals surface area contributed by atoms with Gasteiger partial charge in [0.1, 0.15) is 11.6 Å². The number of hydrogen-bond acceptors (Lipinski definition) is 5. The Labute approximate surface area is 241 Å². The summed E-state index contributed by atoms with van der Waals surface area (Å²) in [6.45, 7) is 0. The predicted molar refractivity (Wildman–Crippen MR) is 159 cm³/mol. The van der Waals surface area contributed by atoms with Gasteiger partial charge in [0.15, 0.2) is 0 Å². The number of carbonyl (C=O) groups is 1. The normalized spacial score (nSPS) is 18.0. The fourth-order valence-electron chi connectivity index (χ4n) is 5.13. The summed E-state index contributed by atoms with van der Waals surface area (Å²) in [5.74, 6) is -0.367. The van der Waals surface area contributed by atoms with E-state index in [9.17, 15) is 33.7 Å². The Balaban J connectivity index is 1.40. The lowest BCUT2D eigenvalue weighted by molar-refractivity contribution is 0.163. The first-order valence-electron chi connectivity index (χ1n) is 13.1. The molecule has 0 aliphatic carbocycles. The lowest BCUT2D eigenvalue weighted by Gasteiger charge is -2.28. The van der Waals surface area contributed by atoms with E-state index < -0.39 is 19.7 Å². The lowest BCUT2D eigenvalue weighted by Crippen LogP contribution is -2.29. The van der Waals surface area contributed by atoms with E-state index in [4.69, 9.17) is 0 Å². The maximum Gasteiger partial charge on any atom is 0.356 e. The minimum absolute atomic E-state index is 0.000794. The minimum atomic E-state index is -4.37. The SMILES string of the molecule is O=C1S[C@H](CCCC(O)c2ccc(F)cc2)[C@@H](c2ccc(-c3ccc(P(=O)(O)O)cc3)cc2O)N1c1ccccc1. The molecule has 4 N–H and O–H groups in total. The minimum Gasteiger partial charge on any atom is -0.508 e. The summed E-state index contributed by atoms with van der Waals surface area (Å²) in [5, 5.41) is 21.4. The molecule has 41 heavy (non-hydrogen) atoms. The molecule has 5 rings (SSSR count). The van der Waals surface area contributed by atoms with Crippen molar-refractivity contribution in [1.82, 2.24) is 0 Å². The lowest BCUT2D eigenvalue weighted by atomic mass is 9.94. The van der Waals surface area contributed by atoms with Crippen LogP contribution in [0.15, 0.2) is 97.1 Å². The summed E-state index contributed by atoms with van der Waals surface area (Å²) in [6.07, 6.45) is 0.872. The van der Waals surface area contributed by atoms with E-state index in [2.05, 4.69) is 0 Å². The Morgan fingerprint density at radius 2 is 1.56 bits per heavy atom. The molecular weight excluding hydrogens is 564 g/mol. The van der Waals surface area contributed by atoms with Gasteiger partial charge in [0.2, 0.25) is 0 Å². The third-order valence-electron chi connectivity index (χ3n) is 7.22. The molecule has 0 bridgehead atoms. The smallest absolute Gasteiger partial charge is 0.356 e. The highest BCUT2D eigenvalue weighted by molar-refractivity contribution is 8.14. The molecule has 0 aromatic heterocycles. The second-order valence-electron chi connectivity index (χ2n) is 9.94. The number of thioether (sulfide) groups is 1. The second kappa shape index (κ2) is 12.2. The van der Waals surface area contributed by atoms with Gasteiger partial charge >= 0.3 is 7.60 Å². The van der Waals surface area contributed by atoms with Crippen LogP contribution in [-0.2, 0) is 4.57 Å². The van der Waals surface area contributed by atoms with Crippen LogP contribution in [-0.4, -0.2) is 30.5 Å². The van der Waals surface area contributed by atoms with Crippen LogP contribution in [0, 0.1) is 5.82 Å². The Morgan fingerprint density at radius 3 is 2.20 bits per heavy atom. The van der Waals surface area contributed by atoms with E-state index in [0.717, 1.165) is 0 Å². The summed E-state index contributed by atoms with van der Waals surface area (Å²) >= 11 is 1.20. The molecule has 3 atom stereocenters. The van der Waals surface area contributed by atoms with E-state index in [-0.39, 0.29) is 27.4 Å². The van der Waals surface area contributed by atoms with E-state index >= 15 is 0 Å². The molecule has 0 spiro atoms. The molecule has 0 radical (unpaired) electrons. The Bertz CT molecular complexity index is 1560. The van der Waals surface area contributed by atoms with Crippen LogP contribution in [0.25, 0.3) is 11.1 Å². The number of phenols is 1. The molecule has 1 aliphatic rings. The number of halogens is 1. The van der Waals surface area contributed by atoms with Gasteiger partial charge in [0.05, 0.1) is 17.5 Å². The van der Waals surface area contributed by atoms with Crippen molar-refractivity contribution in [3.63, 3.8) is 0 Å². The molecule has 7 nitrogen and oxygen atoms in total. The zero-order valence-electron chi connectivity index (χ0n) is 21.9. The van der Waals surface area contributed by atoms with Gasteiger partial charge in [-0.3, -0.25) is 14.3 Å². The van der Waals surface area contributed by atoms with Crippen LogP contribution in [0.4, 0.5) is 14.9 Å². The predicted octanol–water partition coefficient (Wildman–Crippen LogP) is 6.69. The fraction of sp³-hybridized carbons (Fsp3) is 0.194. The van der Waals surface area contributed by atoms with Gasteiger partial charge in [-0.05, 0) is 78.4 Å². The molecule has 1 heterocycles. The number of anilines is 1. The summed E-state index contributed by atoms with van der Waals surface area (Å²) in [5.41, 5.74) is 3.25. The van der Waals surface area contributed by atoms with Gasteiger partial charge in [0.25, 0.3) is 5.24 Å². The van der Waals surface area contributed by atoms with Gasteiger partial charge in [-0.25, -0.2) is 4.39 Å². The largest absolute Gasteiger partial charge is 0.508 e. The average Bonchev–Trinajstić information content (AvgIpc) is 3.28. The average molecular weight is 594 g/mol. The van der Waals surface area contributed by atoms with Crippen molar-refractivity contribution in [2.45, 2.75) is 36.7 Å². The number of phenolic OH excluding ortho intramolecular Hbond substituents is 1. The first-order chi connectivity index (χ1) is 19.6. The van der Waals surface area contributed by atoms with Crippen LogP contribution in [0.5, 0.6) is 5.75 Å². The molecule has 1 amide bonds. The van der Waals surface area contributed by atoms with Crippen molar-refractivity contribution in [3.05, 3.63) is 114 Å². The number of aromatic hydroxyl groups is 1. The third-order valence-corrected chi connectivity index (χ3v) is 9.39. The molecule has 1 aliphatic heterocycles. The van der Waals surface area contributed by atoms with E-state index in [1.165, 1.54) is 36.0 Å². The number of amides is 1. The zero-order chi connectivity index (χ0) is 29.1. The second-order valence-corrected chi connectivity index (χ2v) is 12.7. The summed E-state index contributed by atoms with van der Waals surface area (Å²) in [4.78, 5) is 33.8. The maximum atomic E-state index is 13.3. The summed E-state index contributed by atoms with van der Waals surface area (Å²) in [6, 6.07) is 25.6. The zero-order valence-corrected chi connectivity index (χ0v) is 23.6. The van der Waals surface area contributed by atoms with Gasteiger partial charge in [-0.15, -0.1) is 0 Å². The van der Waals surface area contributed by atoms with Gasteiger partial charge in [-0.1, -0.05) is 66.4 Å². The van der Waals surface area contributed by atoms with E-state index in [1.54, 1.807) is 41.3 Å². The highest BCUT2D eigenvalue weighted by Crippen LogP contribution is 2.49. The molecule has 1 saturated heterocycles. The molecule has 0 saturated carbocycles. The van der Waals surface area contributed by atoms with Crippen molar-refractivity contribution in [1.29, 1.82) is 0 Å². The van der Waals surface area contributed by atoms with Crippen LogP contribution in [0.2, 0.25) is 0 Å². The van der Waals surface area contributed by atoms with E-state index in [1.807, 2.05) is 36.4 Å². The number of nitrogens with zero attached hydrogens (tertiary/aromatic N) is 1. The number of rotatable bonds is 9. The number of hydrogen-bond donors (Lipinski definition) is 4. The van der Waals surface area contributed by atoms with Crippen molar-refractivity contribution in [2.75, 3.05) is 4.90 Å². The number of aliphatic hydroxyl groups excluding tert-OH is 1. The van der Waals surface area contributed by atoms with Gasteiger partial charge in [0, 0.05) is 16.5 Å². The topological polar surface area (TPSA) is 118 Å². The first-order valence-corrected chi connectivity index (χ1v) is 15.6. The molecule has 1 fully saturated rings. The highest BCUT2D eigenvalue weighted by atomic mass is 32.2. The molecule has 212 valence electrons. The Hall–Kier alpha value is -3.46. The number of aliphatic hydroxyl groups is 1. The summed E-state index contributed by atoms with van der Waals surface area (Å²) < 4.78 is 24.8. The van der Waals surface area contributed by atoms with E-state index in [0.29, 0.717) is 47.2 Å². The maximum absolute atomic E-state index is 13.3. The van der Waals surface area contributed by atoms with Crippen LogP contribution in [0.3, 0.4) is 0 Å². The molecule has 4 aromatic rings. The highest BCUT2D eigenvalue weighted by Gasteiger charge is 2.43. The van der Waals surface area contributed by atoms with Crippen LogP contribution in [0.1, 0.15) is 42.5 Å². The molecule has 1 unspecified atom stereocenters. The van der Waals surface area contributed by atoms with Gasteiger partial charge in [-0.2, -0.15) is 0 Å². The molecule has 4 aromatic carbocycles. The monoisotopic (exact) mass is 593 g/mol. The Kier molecular flexibility index (Phi) is 8.63. The summed E-state index contributed by atoms with van der Waals surface area (Å²) in [7, 11) is -4.37. The van der Waals surface area contributed by atoms with Crippen LogP contribution >= 0.6 is 19.4 Å². The third kappa shape index (κ3) is 6.56. The van der Waals surface area contributed by atoms with Crippen molar-refractivity contribution < 1.29 is 33.7 Å². The quantitative estimate of drug-likeness (QED) is 0.160. The molecular formula is C31H29FNO6PS. The fourth-order valence-corrected chi connectivity index (χ4v) is 6.94. The molecule has 10 heteroatoms. The van der Waals surface area contributed by atoms with Crippen LogP contribution < -0.4 is 10.2 Å².